The first-order valence-electron chi connectivity index (χ1n) is 8.01. The van der Waals surface area contributed by atoms with Gasteiger partial charge in [-0.2, -0.15) is 5.10 Å². The molecule has 0 bridgehead atoms. The summed E-state index contributed by atoms with van der Waals surface area (Å²) in [4.78, 5) is 0.143. The van der Waals surface area contributed by atoms with Crippen molar-refractivity contribution in [2.45, 2.75) is 30.2 Å². The van der Waals surface area contributed by atoms with Crippen molar-refractivity contribution in [2.75, 3.05) is 20.2 Å². The summed E-state index contributed by atoms with van der Waals surface area (Å²) in [5.74, 6) is 0.629. The van der Waals surface area contributed by atoms with Gasteiger partial charge in [-0.3, -0.25) is 0 Å². The Morgan fingerprint density at radius 2 is 2.16 bits per heavy atom. The van der Waals surface area contributed by atoms with Crippen LogP contribution in [-0.4, -0.2) is 44.4 Å². The summed E-state index contributed by atoms with van der Waals surface area (Å²) in [6.07, 6.45) is 6.11. The highest BCUT2D eigenvalue weighted by Crippen LogP contribution is 2.22. The number of aromatic nitrogens is 2. The Hall–Kier alpha value is -1.61. The van der Waals surface area contributed by atoms with E-state index in [0.717, 1.165) is 25.8 Å². The Morgan fingerprint density at radius 1 is 1.36 bits per heavy atom. The molecule has 1 unspecified atom stereocenters. The monoisotopic (exact) mass is 386 g/mol. The molecule has 0 aliphatic carbocycles. The number of methoxy groups -OCH3 is 1. The van der Waals surface area contributed by atoms with Crippen LogP contribution in [-0.2, 0) is 10.0 Å². The second-order valence-corrected chi connectivity index (χ2v) is 7.56. The summed E-state index contributed by atoms with van der Waals surface area (Å²) in [5.41, 5.74) is 0.690. The Morgan fingerprint density at radius 3 is 2.88 bits per heavy atom. The number of ether oxygens (including phenoxy) is 1. The summed E-state index contributed by atoms with van der Waals surface area (Å²) in [7, 11) is -2.01. The smallest absolute Gasteiger partial charge is 0.243 e. The fraction of sp³-hybridized carbons (Fsp3) is 0.438. The number of nitrogens with one attached hydrogen (secondary N) is 2. The normalized spacial score (nSPS) is 17.7. The predicted molar refractivity (Wildman–Crippen MR) is 98.2 cm³/mol. The van der Waals surface area contributed by atoms with E-state index in [-0.39, 0.29) is 23.3 Å². The fourth-order valence-corrected chi connectivity index (χ4v) is 3.80. The number of rotatable bonds is 6. The summed E-state index contributed by atoms with van der Waals surface area (Å²) < 4.78 is 34.4. The molecule has 1 aromatic carbocycles. The van der Waals surface area contributed by atoms with E-state index in [2.05, 4.69) is 15.1 Å². The van der Waals surface area contributed by atoms with Gasteiger partial charge in [0.15, 0.2) is 0 Å². The Kier molecular flexibility index (Phi) is 6.83. The molecule has 1 fully saturated rings. The summed E-state index contributed by atoms with van der Waals surface area (Å²) in [6.45, 7) is 1.33. The first-order valence-corrected chi connectivity index (χ1v) is 9.49. The van der Waals surface area contributed by atoms with E-state index in [4.69, 9.17) is 4.74 Å². The highest BCUT2D eigenvalue weighted by molar-refractivity contribution is 7.89. The second-order valence-electron chi connectivity index (χ2n) is 5.79. The van der Waals surface area contributed by atoms with Crippen LogP contribution >= 0.6 is 12.4 Å². The van der Waals surface area contributed by atoms with E-state index >= 15 is 0 Å². The topological polar surface area (TPSA) is 85.2 Å². The third-order valence-electron chi connectivity index (χ3n) is 4.13. The van der Waals surface area contributed by atoms with Crippen LogP contribution in [0.3, 0.4) is 0 Å². The molecule has 1 aromatic heterocycles. The standard InChI is InChI=1S/C16H22N4O3S.ClH/c1-23-16-8-3-2-7-15(16)20-12-14(11-18-20)24(21,22)19-10-13-6-4-5-9-17-13;/h2-3,7-8,11-13,17,19H,4-6,9-10H2,1H3;1H. The predicted octanol–water partition coefficient (Wildman–Crippen LogP) is 1.72. The summed E-state index contributed by atoms with van der Waals surface area (Å²) >= 11 is 0. The van der Waals surface area contributed by atoms with Crippen LogP contribution < -0.4 is 14.8 Å². The number of hydrogen-bond donors (Lipinski definition) is 2. The van der Waals surface area contributed by atoms with E-state index in [0.29, 0.717) is 18.0 Å². The van der Waals surface area contributed by atoms with Crippen LogP contribution in [0.15, 0.2) is 41.6 Å². The molecule has 0 radical (unpaired) electrons. The minimum atomic E-state index is -3.58. The minimum Gasteiger partial charge on any atom is -0.494 e. The maximum absolute atomic E-state index is 12.5. The molecule has 25 heavy (non-hydrogen) atoms. The van der Waals surface area contributed by atoms with Gasteiger partial charge in [0.1, 0.15) is 16.3 Å². The molecule has 2 aromatic rings. The molecule has 1 atom stereocenters. The molecular formula is C16H23ClN4O3S. The van der Waals surface area contributed by atoms with Gasteiger partial charge in [-0.05, 0) is 31.5 Å². The molecule has 7 nitrogen and oxygen atoms in total. The van der Waals surface area contributed by atoms with Crippen LogP contribution in [0.2, 0.25) is 0 Å². The Labute approximate surface area is 154 Å². The van der Waals surface area contributed by atoms with Gasteiger partial charge in [0.25, 0.3) is 0 Å². The molecule has 0 amide bonds. The lowest BCUT2D eigenvalue weighted by Gasteiger charge is -2.23. The first-order chi connectivity index (χ1) is 11.6. The van der Waals surface area contributed by atoms with Gasteiger partial charge in [0, 0.05) is 12.6 Å². The molecule has 1 aliphatic heterocycles. The van der Waals surface area contributed by atoms with Gasteiger partial charge in [-0.1, -0.05) is 18.6 Å². The number of halogens is 1. The van der Waals surface area contributed by atoms with Crippen molar-refractivity contribution in [1.82, 2.24) is 19.8 Å². The zero-order valence-corrected chi connectivity index (χ0v) is 15.6. The van der Waals surface area contributed by atoms with Crippen molar-refractivity contribution in [3.63, 3.8) is 0 Å². The van der Waals surface area contributed by atoms with Gasteiger partial charge in [0.2, 0.25) is 10.0 Å². The van der Waals surface area contributed by atoms with Gasteiger partial charge in [-0.15, -0.1) is 12.4 Å². The first kappa shape index (κ1) is 19.7. The lowest BCUT2D eigenvalue weighted by atomic mass is 10.1. The number of sulfonamides is 1. The van der Waals surface area contributed by atoms with Gasteiger partial charge >= 0.3 is 0 Å². The van der Waals surface area contributed by atoms with E-state index in [9.17, 15) is 8.42 Å². The van der Waals surface area contributed by atoms with E-state index < -0.39 is 10.0 Å². The largest absolute Gasteiger partial charge is 0.494 e. The number of para-hydroxylation sites is 2. The van der Waals surface area contributed by atoms with Gasteiger partial charge in [-0.25, -0.2) is 17.8 Å². The third kappa shape index (κ3) is 4.72. The lowest BCUT2D eigenvalue weighted by molar-refractivity contribution is 0.398. The van der Waals surface area contributed by atoms with Crippen molar-refractivity contribution in [3.8, 4) is 11.4 Å². The van der Waals surface area contributed by atoms with Crippen LogP contribution in [0.4, 0.5) is 0 Å². The molecule has 0 saturated carbocycles. The van der Waals surface area contributed by atoms with E-state index in [1.165, 1.54) is 17.1 Å². The van der Waals surface area contributed by atoms with Crippen molar-refractivity contribution in [3.05, 3.63) is 36.7 Å². The molecule has 138 valence electrons. The average molecular weight is 387 g/mol. The number of nitrogens with zero attached hydrogens (tertiary/aromatic N) is 2. The van der Waals surface area contributed by atoms with Gasteiger partial charge in [0.05, 0.1) is 19.5 Å². The minimum absolute atomic E-state index is 0. The van der Waals surface area contributed by atoms with Crippen LogP contribution in [0.25, 0.3) is 5.69 Å². The average Bonchev–Trinajstić information content (AvgIpc) is 3.12. The summed E-state index contributed by atoms with van der Waals surface area (Å²) in [6, 6.07) is 7.51. The maximum atomic E-state index is 12.5. The Balaban J connectivity index is 0.00000225. The van der Waals surface area contributed by atoms with E-state index in [1.807, 2.05) is 18.2 Å². The van der Waals surface area contributed by atoms with Crippen LogP contribution in [0, 0.1) is 0 Å². The van der Waals surface area contributed by atoms with E-state index in [1.54, 1.807) is 13.2 Å². The summed E-state index contributed by atoms with van der Waals surface area (Å²) in [5, 5.41) is 7.48. The highest BCUT2D eigenvalue weighted by Gasteiger charge is 2.20. The highest BCUT2D eigenvalue weighted by atomic mass is 35.5. The number of hydrogen-bond acceptors (Lipinski definition) is 5. The molecule has 9 heteroatoms. The zero-order valence-electron chi connectivity index (χ0n) is 14.0. The van der Waals surface area contributed by atoms with Crippen molar-refractivity contribution < 1.29 is 13.2 Å². The molecule has 3 rings (SSSR count). The quantitative estimate of drug-likeness (QED) is 0.789. The number of benzene rings is 1. The van der Waals surface area contributed by atoms with Crippen LogP contribution in [0.1, 0.15) is 19.3 Å². The number of piperidine rings is 1. The Bertz CT molecular complexity index is 788. The zero-order chi connectivity index (χ0) is 17.0. The second kappa shape index (κ2) is 8.66. The fourth-order valence-electron chi connectivity index (χ4n) is 2.79. The van der Waals surface area contributed by atoms with Crippen molar-refractivity contribution in [2.24, 2.45) is 0 Å². The van der Waals surface area contributed by atoms with Crippen molar-refractivity contribution >= 4 is 22.4 Å². The molecule has 1 aliphatic rings. The molecule has 0 spiro atoms. The molecule has 1 saturated heterocycles. The molecular weight excluding hydrogens is 364 g/mol. The molecule has 2 heterocycles. The lowest BCUT2D eigenvalue weighted by Crippen LogP contribution is -2.43. The third-order valence-corrected chi connectivity index (χ3v) is 5.51. The van der Waals surface area contributed by atoms with Crippen LogP contribution in [0.5, 0.6) is 5.75 Å². The SMILES string of the molecule is COc1ccccc1-n1cc(S(=O)(=O)NCC2CCCCN2)cn1.Cl. The maximum Gasteiger partial charge on any atom is 0.243 e. The van der Waals surface area contributed by atoms with Gasteiger partial charge < -0.3 is 10.1 Å². The molecule has 2 N–H and O–H groups in total. The van der Waals surface area contributed by atoms with Crippen molar-refractivity contribution in [1.29, 1.82) is 0 Å².